The summed E-state index contributed by atoms with van der Waals surface area (Å²) < 4.78 is 5.62. The summed E-state index contributed by atoms with van der Waals surface area (Å²) in [5, 5.41) is 6.86. The molecule has 4 rings (SSSR count). The van der Waals surface area contributed by atoms with E-state index in [0.717, 1.165) is 5.39 Å². The lowest BCUT2D eigenvalue weighted by Crippen LogP contribution is -2.44. The lowest BCUT2D eigenvalue weighted by Gasteiger charge is -2.23. The number of ether oxygens (including phenoxy) is 1. The summed E-state index contributed by atoms with van der Waals surface area (Å²) in [7, 11) is 0. The smallest absolute Gasteiger partial charge is 0.316 e. The molecule has 7 nitrogen and oxygen atoms in total. The molecule has 1 saturated heterocycles. The summed E-state index contributed by atoms with van der Waals surface area (Å²) >= 11 is 6.81. The maximum absolute atomic E-state index is 13.0. The number of amides is 1. The van der Waals surface area contributed by atoms with E-state index in [0.29, 0.717) is 17.6 Å². The number of esters is 1. The van der Waals surface area contributed by atoms with Gasteiger partial charge in [0.1, 0.15) is 11.0 Å². The van der Waals surface area contributed by atoms with Gasteiger partial charge >= 0.3 is 5.97 Å². The second kappa shape index (κ2) is 6.65. The number of nitrogens with zero attached hydrogens (tertiary/aromatic N) is 1. The first-order valence-corrected chi connectivity index (χ1v) is 10.0. The van der Waals surface area contributed by atoms with Crippen LogP contribution in [0.25, 0.3) is 10.9 Å². The SMILES string of the molecule is CC(C)(C)OC(=O)C12CNC(N)C1(Cl)C2CNC(=O)c1cccc2cccnc12. The van der Waals surface area contributed by atoms with Crippen molar-refractivity contribution in [3.05, 3.63) is 42.1 Å². The van der Waals surface area contributed by atoms with Crippen LogP contribution in [0.15, 0.2) is 36.5 Å². The molecule has 0 radical (unpaired) electrons. The fraction of sp³-hybridized carbons (Fsp3) is 0.476. The van der Waals surface area contributed by atoms with Crippen molar-refractivity contribution in [1.29, 1.82) is 0 Å². The van der Waals surface area contributed by atoms with E-state index < -0.39 is 22.1 Å². The zero-order valence-corrected chi connectivity index (χ0v) is 17.4. The molecule has 0 bridgehead atoms. The molecular formula is C21H25ClN4O3. The lowest BCUT2D eigenvalue weighted by atomic mass is 10.0. The Hall–Kier alpha value is -2.22. The summed E-state index contributed by atoms with van der Waals surface area (Å²) in [5.41, 5.74) is 5.67. The van der Waals surface area contributed by atoms with E-state index in [4.69, 9.17) is 22.1 Å². The Morgan fingerprint density at radius 1 is 1.34 bits per heavy atom. The van der Waals surface area contributed by atoms with Crippen LogP contribution in [0.1, 0.15) is 31.1 Å². The number of carbonyl (C=O) groups excluding carboxylic acids is 2. The number of alkyl halides is 1. The second-order valence-electron chi connectivity index (χ2n) is 8.74. The van der Waals surface area contributed by atoms with Gasteiger partial charge < -0.3 is 15.8 Å². The number of benzene rings is 1. The minimum Gasteiger partial charge on any atom is -0.459 e. The van der Waals surface area contributed by atoms with Crippen LogP contribution in [-0.2, 0) is 9.53 Å². The van der Waals surface area contributed by atoms with Crippen molar-refractivity contribution < 1.29 is 14.3 Å². The molecule has 1 saturated carbocycles. The molecule has 1 aliphatic heterocycles. The molecule has 2 heterocycles. The number of nitrogens with one attached hydrogen (secondary N) is 2. The number of hydrogen-bond donors (Lipinski definition) is 3. The number of piperidine rings is 1. The molecule has 1 aromatic heterocycles. The zero-order valence-electron chi connectivity index (χ0n) is 16.7. The standard InChI is InChI=1S/C21H25ClN4O3/c1-19(2,3)29-18(28)20-11-26-17(23)21(20,22)14(20)10-25-16(27)13-8-4-6-12-7-5-9-24-15(12)13/h4-9,14,17,26H,10-11,23H2,1-3H3,(H,25,27). The number of aromatic nitrogens is 1. The third kappa shape index (κ3) is 2.99. The summed E-state index contributed by atoms with van der Waals surface area (Å²) in [6, 6.07) is 9.17. The molecule has 29 heavy (non-hydrogen) atoms. The summed E-state index contributed by atoms with van der Waals surface area (Å²) in [4.78, 5) is 29.1. The molecule has 154 valence electrons. The molecule has 4 atom stereocenters. The molecular weight excluding hydrogens is 392 g/mol. The van der Waals surface area contributed by atoms with Crippen molar-refractivity contribution in [3.63, 3.8) is 0 Å². The van der Waals surface area contributed by atoms with Crippen LogP contribution in [0.4, 0.5) is 0 Å². The van der Waals surface area contributed by atoms with Crippen LogP contribution >= 0.6 is 11.6 Å². The summed E-state index contributed by atoms with van der Waals surface area (Å²) in [6.07, 6.45) is 1.10. The molecule has 1 aromatic carbocycles. The Labute approximate surface area is 174 Å². The molecule has 2 aliphatic rings. The van der Waals surface area contributed by atoms with Gasteiger partial charge in [0.05, 0.1) is 22.1 Å². The highest BCUT2D eigenvalue weighted by Gasteiger charge is 2.86. The molecule has 4 unspecified atom stereocenters. The van der Waals surface area contributed by atoms with Crippen LogP contribution in [0.5, 0.6) is 0 Å². The highest BCUT2D eigenvalue weighted by molar-refractivity contribution is 6.31. The number of carbonyl (C=O) groups is 2. The number of hydrogen-bond acceptors (Lipinski definition) is 6. The maximum atomic E-state index is 13.0. The Kier molecular flexibility index (Phi) is 4.60. The molecule has 1 aliphatic carbocycles. The number of rotatable bonds is 4. The number of para-hydroxylation sites is 1. The van der Waals surface area contributed by atoms with Crippen molar-refractivity contribution in [2.24, 2.45) is 17.1 Å². The van der Waals surface area contributed by atoms with E-state index in [1.54, 1.807) is 12.3 Å². The van der Waals surface area contributed by atoms with Crippen LogP contribution in [0.3, 0.4) is 0 Å². The van der Waals surface area contributed by atoms with Crippen LogP contribution in [0.2, 0.25) is 0 Å². The lowest BCUT2D eigenvalue weighted by molar-refractivity contribution is -0.162. The summed E-state index contributed by atoms with van der Waals surface area (Å²) in [6.45, 7) is 5.98. The highest BCUT2D eigenvalue weighted by atomic mass is 35.5. The quantitative estimate of drug-likeness (QED) is 0.518. The molecule has 2 fully saturated rings. The van der Waals surface area contributed by atoms with Crippen molar-refractivity contribution in [2.45, 2.75) is 37.4 Å². The molecule has 0 spiro atoms. The van der Waals surface area contributed by atoms with E-state index >= 15 is 0 Å². The number of halogens is 1. The molecule has 1 amide bonds. The predicted octanol–water partition coefficient (Wildman–Crippen LogP) is 1.79. The van der Waals surface area contributed by atoms with Gasteiger partial charge in [0.2, 0.25) is 0 Å². The van der Waals surface area contributed by atoms with Gasteiger partial charge in [-0.3, -0.25) is 19.9 Å². The van der Waals surface area contributed by atoms with Gasteiger partial charge in [-0.15, -0.1) is 11.6 Å². The van der Waals surface area contributed by atoms with Crippen molar-refractivity contribution >= 4 is 34.4 Å². The molecule has 8 heteroatoms. The van der Waals surface area contributed by atoms with Gasteiger partial charge in [-0.1, -0.05) is 18.2 Å². The number of pyridine rings is 1. The second-order valence-corrected chi connectivity index (χ2v) is 9.37. The van der Waals surface area contributed by atoms with Gasteiger partial charge in [-0.25, -0.2) is 0 Å². The first kappa shape index (κ1) is 20.1. The van der Waals surface area contributed by atoms with Gasteiger partial charge in [0.15, 0.2) is 0 Å². The third-order valence-electron chi connectivity index (χ3n) is 5.86. The van der Waals surface area contributed by atoms with E-state index in [1.807, 2.05) is 45.0 Å². The Balaban J connectivity index is 1.53. The highest BCUT2D eigenvalue weighted by Crippen LogP contribution is 2.70. The normalized spacial score (nSPS) is 30.7. The van der Waals surface area contributed by atoms with Crippen LogP contribution < -0.4 is 16.4 Å². The molecule has 4 N–H and O–H groups in total. The zero-order chi connectivity index (χ0) is 21.0. The van der Waals surface area contributed by atoms with Crippen molar-refractivity contribution in [3.8, 4) is 0 Å². The van der Waals surface area contributed by atoms with Gasteiger partial charge in [0, 0.05) is 30.6 Å². The Morgan fingerprint density at radius 3 is 2.79 bits per heavy atom. The van der Waals surface area contributed by atoms with E-state index in [9.17, 15) is 9.59 Å². The van der Waals surface area contributed by atoms with Gasteiger partial charge in [-0.05, 0) is 32.9 Å². The van der Waals surface area contributed by atoms with E-state index in [-0.39, 0.29) is 24.3 Å². The number of nitrogens with two attached hydrogens (primary N) is 1. The van der Waals surface area contributed by atoms with Crippen molar-refractivity contribution in [1.82, 2.24) is 15.6 Å². The average molecular weight is 417 g/mol. The fourth-order valence-corrected chi connectivity index (χ4v) is 4.98. The first-order chi connectivity index (χ1) is 13.6. The molecule has 2 aromatic rings. The van der Waals surface area contributed by atoms with Crippen molar-refractivity contribution in [2.75, 3.05) is 13.1 Å². The largest absolute Gasteiger partial charge is 0.459 e. The topological polar surface area (TPSA) is 106 Å². The third-order valence-corrected chi connectivity index (χ3v) is 6.70. The van der Waals surface area contributed by atoms with Crippen LogP contribution in [0, 0.1) is 11.3 Å². The fourth-order valence-electron chi connectivity index (χ4n) is 4.41. The average Bonchev–Trinajstić information content (AvgIpc) is 3.10. The Bertz CT molecular complexity index is 986. The van der Waals surface area contributed by atoms with E-state index in [2.05, 4.69) is 15.6 Å². The van der Waals surface area contributed by atoms with Gasteiger partial charge in [-0.2, -0.15) is 0 Å². The minimum atomic E-state index is -0.986. The minimum absolute atomic E-state index is 0.222. The maximum Gasteiger partial charge on any atom is 0.316 e. The first-order valence-electron chi connectivity index (χ1n) is 9.64. The predicted molar refractivity (Wildman–Crippen MR) is 110 cm³/mol. The monoisotopic (exact) mass is 416 g/mol. The van der Waals surface area contributed by atoms with Gasteiger partial charge in [0.25, 0.3) is 5.91 Å². The van der Waals surface area contributed by atoms with E-state index in [1.165, 1.54) is 0 Å². The van der Waals surface area contributed by atoms with Crippen LogP contribution in [-0.4, -0.2) is 46.6 Å². The number of fused-ring (bicyclic) bond motifs is 2. The Morgan fingerprint density at radius 2 is 2.07 bits per heavy atom. The summed E-state index contributed by atoms with van der Waals surface area (Å²) in [5.74, 6) is -0.971.